The van der Waals surface area contributed by atoms with Gasteiger partial charge in [0.2, 0.25) is 0 Å². The van der Waals surface area contributed by atoms with Crippen LogP contribution >= 0.6 is 0 Å². The Kier molecular flexibility index (Phi) is 5.50. The third kappa shape index (κ3) is 4.13. The van der Waals surface area contributed by atoms with Crippen LogP contribution in [0.25, 0.3) is 0 Å². The zero-order valence-corrected chi connectivity index (χ0v) is 15.8. The number of allylic oxidation sites excluding steroid dienone is 1. The van der Waals surface area contributed by atoms with Crippen LogP contribution in [0.1, 0.15) is 52.1 Å². The van der Waals surface area contributed by atoms with E-state index in [0.29, 0.717) is 17.7 Å². The van der Waals surface area contributed by atoms with Gasteiger partial charge in [-0.05, 0) is 50.2 Å². The van der Waals surface area contributed by atoms with E-state index in [1.165, 1.54) is 0 Å². The average molecular weight is 379 g/mol. The number of hydrogen-bond acceptors (Lipinski definition) is 4. The number of carbonyl (C=O) groups excluding carboxylic acids is 2. The van der Waals surface area contributed by atoms with Crippen molar-refractivity contribution in [3.63, 3.8) is 0 Å². The lowest BCUT2D eigenvalue weighted by Gasteiger charge is -2.25. The Morgan fingerprint density at radius 2 is 2.11 bits per heavy atom. The first-order valence-corrected chi connectivity index (χ1v) is 9.89. The fourth-order valence-corrected chi connectivity index (χ4v) is 3.89. The van der Waals surface area contributed by atoms with Crippen molar-refractivity contribution in [2.45, 2.75) is 44.7 Å². The lowest BCUT2D eigenvalue weighted by molar-refractivity contribution is 0.0924. The zero-order chi connectivity index (χ0) is 19.3. The second-order valence-electron chi connectivity index (χ2n) is 7.49. The lowest BCUT2D eigenvalue weighted by Crippen LogP contribution is -2.37. The van der Waals surface area contributed by atoms with Gasteiger partial charge >= 0.3 is 0 Å². The minimum Gasteiger partial charge on any atom is -0.352 e. The molecule has 2 aromatic heterocycles. The van der Waals surface area contributed by atoms with E-state index in [1.807, 2.05) is 4.68 Å². The number of aromatic nitrogens is 3. The lowest BCUT2D eigenvalue weighted by atomic mass is 9.93. The van der Waals surface area contributed by atoms with E-state index in [0.717, 1.165) is 44.3 Å². The molecular formula is C21H25N5O2. The summed E-state index contributed by atoms with van der Waals surface area (Å²) < 4.78 is 1.93. The van der Waals surface area contributed by atoms with Gasteiger partial charge in [0.1, 0.15) is 0 Å². The summed E-state index contributed by atoms with van der Waals surface area (Å²) in [7, 11) is 0. The molecule has 0 saturated heterocycles. The van der Waals surface area contributed by atoms with Gasteiger partial charge in [0.25, 0.3) is 11.8 Å². The maximum atomic E-state index is 12.7. The minimum absolute atomic E-state index is 0.0402. The Bertz CT molecular complexity index is 874. The van der Waals surface area contributed by atoms with Crippen molar-refractivity contribution < 1.29 is 9.59 Å². The number of aryl methyl sites for hydroxylation is 1. The SMILES string of the molecule is O=C(NC[C@@H]1CCn2ncc(C(=O)N[C@H]3CC=CCC3)c2C1)c1cccnc1. The van der Waals surface area contributed by atoms with Gasteiger partial charge in [0.15, 0.2) is 0 Å². The average Bonchev–Trinajstić information content (AvgIpc) is 3.17. The van der Waals surface area contributed by atoms with Crippen molar-refractivity contribution in [2.24, 2.45) is 5.92 Å². The maximum Gasteiger partial charge on any atom is 0.254 e. The summed E-state index contributed by atoms with van der Waals surface area (Å²) in [6, 6.07) is 3.70. The molecule has 1 aliphatic carbocycles. The Labute approximate surface area is 164 Å². The Balaban J connectivity index is 1.36. The second kappa shape index (κ2) is 8.37. The van der Waals surface area contributed by atoms with Gasteiger partial charge in [0.05, 0.1) is 23.0 Å². The smallest absolute Gasteiger partial charge is 0.254 e. The van der Waals surface area contributed by atoms with Crippen LogP contribution in [0, 0.1) is 5.92 Å². The number of fused-ring (bicyclic) bond motifs is 1. The number of pyridine rings is 1. The van der Waals surface area contributed by atoms with E-state index in [2.05, 4.69) is 32.9 Å². The highest BCUT2D eigenvalue weighted by atomic mass is 16.2. The summed E-state index contributed by atoms with van der Waals surface area (Å²) >= 11 is 0. The summed E-state index contributed by atoms with van der Waals surface area (Å²) in [4.78, 5) is 29.0. The molecular weight excluding hydrogens is 354 g/mol. The molecule has 7 heteroatoms. The van der Waals surface area contributed by atoms with Crippen molar-refractivity contribution in [2.75, 3.05) is 6.54 Å². The molecule has 0 saturated carbocycles. The molecule has 7 nitrogen and oxygen atoms in total. The fourth-order valence-electron chi connectivity index (χ4n) is 3.89. The summed E-state index contributed by atoms with van der Waals surface area (Å²) in [6.45, 7) is 1.34. The molecule has 0 radical (unpaired) electrons. The molecule has 28 heavy (non-hydrogen) atoms. The van der Waals surface area contributed by atoms with Crippen LogP contribution in [0.4, 0.5) is 0 Å². The predicted octanol–water partition coefficient (Wildman–Crippen LogP) is 2.11. The minimum atomic E-state index is -0.115. The quantitative estimate of drug-likeness (QED) is 0.779. The first-order chi connectivity index (χ1) is 13.7. The van der Waals surface area contributed by atoms with Crippen molar-refractivity contribution in [1.29, 1.82) is 0 Å². The number of carbonyl (C=O) groups is 2. The summed E-state index contributed by atoms with van der Waals surface area (Å²) in [5, 5.41) is 10.5. The molecule has 3 heterocycles. The van der Waals surface area contributed by atoms with Crippen LogP contribution in [0.2, 0.25) is 0 Å². The standard InChI is InChI=1S/C21H25N5O2/c27-20(16-5-4-9-22-13-16)23-12-15-8-10-26-19(11-15)18(14-24-26)21(28)25-17-6-2-1-3-7-17/h1-2,4-5,9,13-15,17H,3,6-8,10-12H2,(H,23,27)(H,25,28)/t15-,17+/m1/s1. The normalized spacial score (nSPS) is 21.0. The fraction of sp³-hybridized carbons (Fsp3) is 0.429. The topological polar surface area (TPSA) is 88.9 Å². The third-order valence-electron chi connectivity index (χ3n) is 5.50. The van der Waals surface area contributed by atoms with E-state index < -0.39 is 0 Å². The highest BCUT2D eigenvalue weighted by molar-refractivity contribution is 5.95. The van der Waals surface area contributed by atoms with Crippen molar-refractivity contribution in [3.05, 3.63) is 59.7 Å². The number of nitrogens with one attached hydrogen (secondary N) is 2. The van der Waals surface area contributed by atoms with Crippen molar-refractivity contribution in [1.82, 2.24) is 25.4 Å². The molecule has 0 aromatic carbocycles. The molecule has 1 aliphatic heterocycles. The molecule has 0 spiro atoms. The van der Waals surface area contributed by atoms with E-state index in [-0.39, 0.29) is 23.8 Å². The van der Waals surface area contributed by atoms with Gasteiger partial charge in [-0.2, -0.15) is 5.10 Å². The molecule has 2 aliphatic rings. The number of amides is 2. The molecule has 2 N–H and O–H groups in total. The Morgan fingerprint density at radius 1 is 1.18 bits per heavy atom. The van der Waals surface area contributed by atoms with E-state index in [9.17, 15) is 9.59 Å². The predicted molar refractivity (Wildman–Crippen MR) is 105 cm³/mol. The van der Waals surface area contributed by atoms with Gasteiger partial charge in [0, 0.05) is 31.5 Å². The third-order valence-corrected chi connectivity index (χ3v) is 5.50. The van der Waals surface area contributed by atoms with E-state index in [1.54, 1.807) is 30.7 Å². The first-order valence-electron chi connectivity index (χ1n) is 9.89. The van der Waals surface area contributed by atoms with Gasteiger partial charge < -0.3 is 10.6 Å². The molecule has 2 aromatic rings. The van der Waals surface area contributed by atoms with E-state index >= 15 is 0 Å². The van der Waals surface area contributed by atoms with Crippen LogP contribution < -0.4 is 10.6 Å². The number of nitrogens with zero attached hydrogens (tertiary/aromatic N) is 3. The molecule has 0 bridgehead atoms. The number of hydrogen-bond donors (Lipinski definition) is 2. The number of rotatable bonds is 5. The van der Waals surface area contributed by atoms with Crippen molar-refractivity contribution >= 4 is 11.8 Å². The van der Waals surface area contributed by atoms with Gasteiger partial charge in [-0.1, -0.05) is 12.2 Å². The van der Waals surface area contributed by atoms with Crippen LogP contribution in [-0.4, -0.2) is 39.2 Å². The van der Waals surface area contributed by atoms with Crippen LogP contribution in [0.3, 0.4) is 0 Å². The van der Waals surface area contributed by atoms with Crippen LogP contribution in [0.15, 0.2) is 42.9 Å². The molecule has 0 unspecified atom stereocenters. The Morgan fingerprint density at radius 3 is 2.89 bits per heavy atom. The van der Waals surface area contributed by atoms with Crippen molar-refractivity contribution in [3.8, 4) is 0 Å². The van der Waals surface area contributed by atoms with Gasteiger partial charge in [-0.15, -0.1) is 0 Å². The largest absolute Gasteiger partial charge is 0.352 e. The molecule has 2 atom stereocenters. The monoisotopic (exact) mass is 379 g/mol. The van der Waals surface area contributed by atoms with Gasteiger partial charge in [-0.3, -0.25) is 19.3 Å². The maximum absolute atomic E-state index is 12.7. The summed E-state index contributed by atoms with van der Waals surface area (Å²) in [5.41, 5.74) is 2.19. The highest BCUT2D eigenvalue weighted by Gasteiger charge is 2.26. The van der Waals surface area contributed by atoms with Crippen LogP contribution in [-0.2, 0) is 13.0 Å². The second-order valence-corrected chi connectivity index (χ2v) is 7.49. The van der Waals surface area contributed by atoms with Crippen LogP contribution in [0.5, 0.6) is 0 Å². The Hall–Kier alpha value is -2.96. The molecule has 4 rings (SSSR count). The molecule has 2 amide bonds. The summed E-state index contributed by atoms with van der Waals surface area (Å²) in [5.74, 6) is 0.131. The molecule has 0 fully saturated rings. The van der Waals surface area contributed by atoms with E-state index in [4.69, 9.17) is 0 Å². The highest BCUT2D eigenvalue weighted by Crippen LogP contribution is 2.23. The molecule has 146 valence electrons. The summed E-state index contributed by atoms with van der Waals surface area (Å²) in [6.07, 6.45) is 13.7. The first kappa shape index (κ1) is 18.4. The zero-order valence-electron chi connectivity index (χ0n) is 15.8. The van der Waals surface area contributed by atoms with Gasteiger partial charge in [-0.25, -0.2) is 0 Å².